The zero-order chi connectivity index (χ0) is 18.5. The summed E-state index contributed by atoms with van der Waals surface area (Å²) in [4.78, 5) is 40.8. The van der Waals surface area contributed by atoms with Crippen molar-refractivity contribution >= 4 is 29.1 Å². The van der Waals surface area contributed by atoms with Crippen LogP contribution in [0.25, 0.3) is 0 Å². The monoisotopic (exact) mass is 372 g/mol. The molecule has 0 atom stereocenters. The molecule has 1 fully saturated rings. The van der Waals surface area contributed by atoms with Gasteiger partial charge in [0.05, 0.1) is 17.6 Å². The predicted octanol–water partition coefficient (Wildman–Crippen LogP) is 2.41. The van der Waals surface area contributed by atoms with Gasteiger partial charge in [-0.05, 0) is 29.1 Å². The summed E-state index contributed by atoms with van der Waals surface area (Å²) in [7, 11) is 1.34. The molecule has 0 unspecified atom stereocenters. The summed E-state index contributed by atoms with van der Waals surface area (Å²) in [5.74, 6) is -0.418. The van der Waals surface area contributed by atoms with E-state index < -0.39 is 5.97 Å². The highest BCUT2D eigenvalue weighted by molar-refractivity contribution is 7.12. The van der Waals surface area contributed by atoms with Crippen LogP contribution in [0.15, 0.2) is 41.8 Å². The zero-order valence-corrected chi connectivity index (χ0v) is 15.3. The first-order chi connectivity index (χ1) is 12.6. The summed E-state index contributed by atoms with van der Waals surface area (Å²) in [5.41, 5.74) is 1.32. The second-order valence-corrected chi connectivity index (χ2v) is 6.97. The SMILES string of the molecule is COC(=O)c1cccc(CN2CCN(C(=O)c3cccs3)CCC2=O)c1. The van der Waals surface area contributed by atoms with Crippen LogP contribution in [-0.2, 0) is 16.1 Å². The Bertz CT molecular complexity index is 804. The number of carbonyl (C=O) groups excluding carboxylic acids is 3. The lowest BCUT2D eigenvalue weighted by Crippen LogP contribution is -2.35. The summed E-state index contributed by atoms with van der Waals surface area (Å²) in [5, 5.41) is 1.87. The van der Waals surface area contributed by atoms with Crippen molar-refractivity contribution < 1.29 is 19.1 Å². The molecule has 0 bridgehead atoms. The molecule has 2 amide bonds. The first-order valence-corrected chi connectivity index (χ1v) is 9.24. The molecule has 7 heteroatoms. The van der Waals surface area contributed by atoms with Crippen molar-refractivity contribution in [2.75, 3.05) is 26.7 Å². The molecular formula is C19H20N2O4S. The maximum absolute atomic E-state index is 12.5. The van der Waals surface area contributed by atoms with E-state index in [0.29, 0.717) is 43.0 Å². The largest absolute Gasteiger partial charge is 0.465 e. The van der Waals surface area contributed by atoms with E-state index in [9.17, 15) is 14.4 Å². The maximum atomic E-state index is 12.5. The number of rotatable bonds is 4. The number of hydrogen-bond acceptors (Lipinski definition) is 5. The number of hydrogen-bond donors (Lipinski definition) is 0. The lowest BCUT2D eigenvalue weighted by Gasteiger charge is -2.22. The Labute approximate surface area is 156 Å². The molecule has 1 aromatic heterocycles. The molecule has 0 spiro atoms. The number of thiophene rings is 1. The third kappa shape index (κ3) is 4.11. The first-order valence-electron chi connectivity index (χ1n) is 8.36. The number of esters is 1. The first kappa shape index (κ1) is 18.1. The summed E-state index contributed by atoms with van der Waals surface area (Å²) in [6, 6.07) is 10.7. The van der Waals surface area contributed by atoms with E-state index >= 15 is 0 Å². The van der Waals surface area contributed by atoms with Crippen LogP contribution >= 0.6 is 11.3 Å². The van der Waals surface area contributed by atoms with Crippen LogP contribution in [-0.4, -0.2) is 54.3 Å². The van der Waals surface area contributed by atoms with Gasteiger partial charge in [-0.3, -0.25) is 9.59 Å². The number of benzene rings is 1. The van der Waals surface area contributed by atoms with Gasteiger partial charge >= 0.3 is 5.97 Å². The summed E-state index contributed by atoms with van der Waals surface area (Å²) >= 11 is 1.41. The number of carbonyl (C=O) groups is 3. The molecule has 2 heterocycles. The van der Waals surface area contributed by atoms with Gasteiger partial charge < -0.3 is 14.5 Å². The zero-order valence-electron chi connectivity index (χ0n) is 14.5. The summed E-state index contributed by atoms with van der Waals surface area (Å²) in [6.07, 6.45) is 0.299. The van der Waals surface area contributed by atoms with Crippen molar-refractivity contribution in [3.8, 4) is 0 Å². The van der Waals surface area contributed by atoms with Gasteiger partial charge in [-0.25, -0.2) is 4.79 Å². The van der Waals surface area contributed by atoms with E-state index in [1.165, 1.54) is 18.4 Å². The van der Waals surface area contributed by atoms with Gasteiger partial charge in [0.2, 0.25) is 5.91 Å². The fourth-order valence-electron chi connectivity index (χ4n) is 2.93. The fraction of sp³-hybridized carbons (Fsp3) is 0.316. The van der Waals surface area contributed by atoms with Gasteiger partial charge in [-0.2, -0.15) is 0 Å². The topological polar surface area (TPSA) is 66.9 Å². The smallest absolute Gasteiger partial charge is 0.337 e. The Morgan fingerprint density at radius 2 is 2.00 bits per heavy atom. The molecule has 0 N–H and O–H groups in total. The van der Waals surface area contributed by atoms with E-state index in [2.05, 4.69) is 0 Å². The van der Waals surface area contributed by atoms with Crippen LogP contribution in [0, 0.1) is 0 Å². The Morgan fingerprint density at radius 1 is 1.15 bits per heavy atom. The molecule has 0 radical (unpaired) electrons. The van der Waals surface area contributed by atoms with Crippen LogP contribution in [0.5, 0.6) is 0 Å². The Morgan fingerprint density at radius 3 is 2.73 bits per heavy atom. The van der Waals surface area contributed by atoms with Crippen LogP contribution in [0.3, 0.4) is 0 Å². The van der Waals surface area contributed by atoms with Crippen LogP contribution < -0.4 is 0 Å². The van der Waals surface area contributed by atoms with Crippen molar-refractivity contribution in [2.45, 2.75) is 13.0 Å². The normalized spacial score (nSPS) is 14.9. The highest BCUT2D eigenvalue weighted by Crippen LogP contribution is 2.16. The highest BCUT2D eigenvalue weighted by Gasteiger charge is 2.25. The van der Waals surface area contributed by atoms with Crippen molar-refractivity contribution in [3.63, 3.8) is 0 Å². The molecule has 2 aromatic rings. The predicted molar refractivity (Wildman–Crippen MR) is 98.0 cm³/mol. The molecule has 1 saturated heterocycles. The van der Waals surface area contributed by atoms with Gasteiger partial charge in [0.25, 0.3) is 5.91 Å². The van der Waals surface area contributed by atoms with Gasteiger partial charge in [0, 0.05) is 32.6 Å². The molecule has 3 rings (SSSR count). The van der Waals surface area contributed by atoms with Crippen molar-refractivity contribution in [1.29, 1.82) is 0 Å². The van der Waals surface area contributed by atoms with E-state index in [-0.39, 0.29) is 11.8 Å². The fourth-order valence-corrected chi connectivity index (χ4v) is 3.62. The lowest BCUT2D eigenvalue weighted by atomic mass is 10.1. The Hall–Kier alpha value is -2.67. The average Bonchev–Trinajstić information content (AvgIpc) is 3.14. The number of methoxy groups -OCH3 is 1. The molecule has 1 aliphatic heterocycles. The molecule has 1 aliphatic rings. The molecule has 6 nitrogen and oxygen atoms in total. The highest BCUT2D eigenvalue weighted by atomic mass is 32.1. The minimum Gasteiger partial charge on any atom is -0.465 e. The number of amides is 2. The Kier molecular flexibility index (Phi) is 5.68. The standard InChI is InChI=1S/C19H20N2O4S/c1-25-19(24)15-5-2-4-14(12-15)13-21-10-9-20(8-7-17(21)22)18(23)16-6-3-11-26-16/h2-6,11-12H,7-10,13H2,1H3. The summed E-state index contributed by atoms with van der Waals surface area (Å²) < 4.78 is 4.74. The number of ether oxygens (including phenoxy) is 1. The van der Waals surface area contributed by atoms with Crippen LogP contribution in [0.4, 0.5) is 0 Å². The van der Waals surface area contributed by atoms with E-state index in [0.717, 1.165) is 5.56 Å². The molecule has 0 saturated carbocycles. The molecule has 136 valence electrons. The lowest BCUT2D eigenvalue weighted by molar-refractivity contribution is -0.130. The van der Waals surface area contributed by atoms with Crippen LogP contribution in [0.2, 0.25) is 0 Å². The Balaban J connectivity index is 1.67. The quantitative estimate of drug-likeness (QED) is 0.773. The van der Waals surface area contributed by atoms with E-state index in [1.807, 2.05) is 17.5 Å². The second kappa shape index (κ2) is 8.14. The molecular weight excluding hydrogens is 352 g/mol. The average molecular weight is 372 g/mol. The van der Waals surface area contributed by atoms with Gasteiger partial charge in [-0.15, -0.1) is 11.3 Å². The van der Waals surface area contributed by atoms with E-state index in [1.54, 1.807) is 34.1 Å². The number of nitrogens with zero attached hydrogens (tertiary/aromatic N) is 2. The van der Waals surface area contributed by atoms with Gasteiger partial charge in [-0.1, -0.05) is 18.2 Å². The third-order valence-electron chi connectivity index (χ3n) is 4.33. The molecule has 1 aromatic carbocycles. The second-order valence-electron chi connectivity index (χ2n) is 6.03. The minimum absolute atomic E-state index is 0.00921. The van der Waals surface area contributed by atoms with Crippen molar-refractivity contribution in [3.05, 3.63) is 57.8 Å². The van der Waals surface area contributed by atoms with Crippen molar-refractivity contribution in [2.24, 2.45) is 0 Å². The summed E-state index contributed by atoms with van der Waals surface area (Å²) in [6.45, 7) is 1.80. The van der Waals surface area contributed by atoms with Gasteiger partial charge in [0.1, 0.15) is 0 Å². The third-order valence-corrected chi connectivity index (χ3v) is 5.19. The maximum Gasteiger partial charge on any atom is 0.337 e. The molecule has 0 aliphatic carbocycles. The van der Waals surface area contributed by atoms with Crippen LogP contribution in [0.1, 0.15) is 32.0 Å². The van der Waals surface area contributed by atoms with E-state index in [4.69, 9.17) is 4.74 Å². The minimum atomic E-state index is -0.401. The molecule has 26 heavy (non-hydrogen) atoms. The van der Waals surface area contributed by atoms with Crippen molar-refractivity contribution in [1.82, 2.24) is 9.80 Å². The van der Waals surface area contributed by atoms with Gasteiger partial charge in [0.15, 0.2) is 0 Å².